The van der Waals surface area contributed by atoms with Gasteiger partial charge in [0.25, 0.3) is 0 Å². The lowest BCUT2D eigenvalue weighted by Gasteiger charge is -2.36. The number of carbonyl (C=O) groups is 1. The van der Waals surface area contributed by atoms with Crippen LogP contribution in [0.5, 0.6) is 0 Å². The van der Waals surface area contributed by atoms with Crippen molar-refractivity contribution in [2.24, 2.45) is 0 Å². The third kappa shape index (κ3) is 3.97. The predicted molar refractivity (Wildman–Crippen MR) is 99.4 cm³/mol. The van der Waals surface area contributed by atoms with E-state index in [1.165, 1.54) is 16.8 Å². The molecule has 0 radical (unpaired) electrons. The fraction of sp³-hybridized carbons (Fsp3) is 0.381. The van der Waals surface area contributed by atoms with E-state index >= 15 is 0 Å². The molecular weight excluding hydrogens is 296 g/mol. The fourth-order valence-corrected chi connectivity index (χ4v) is 3.33. The molecule has 0 saturated carbocycles. The smallest absolute Gasteiger partial charge is 0.223 e. The Labute approximate surface area is 144 Å². The highest BCUT2D eigenvalue weighted by Gasteiger charge is 2.22. The molecule has 1 fully saturated rings. The number of piperazine rings is 1. The summed E-state index contributed by atoms with van der Waals surface area (Å²) >= 11 is 0. The average molecular weight is 322 g/mol. The number of aryl methyl sites for hydroxylation is 1. The maximum Gasteiger partial charge on any atom is 0.223 e. The molecule has 2 aromatic rings. The highest BCUT2D eigenvalue weighted by atomic mass is 16.2. The fourth-order valence-electron chi connectivity index (χ4n) is 3.33. The van der Waals surface area contributed by atoms with Crippen LogP contribution in [0.15, 0.2) is 54.6 Å². The van der Waals surface area contributed by atoms with Gasteiger partial charge in [-0.25, -0.2) is 0 Å². The molecule has 0 aliphatic carbocycles. The second-order valence-corrected chi connectivity index (χ2v) is 6.72. The van der Waals surface area contributed by atoms with Gasteiger partial charge < -0.3 is 9.80 Å². The van der Waals surface area contributed by atoms with Gasteiger partial charge in [0.15, 0.2) is 0 Å². The first kappa shape index (κ1) is 16.6. The van der Waals surface area contributed by atoms with E-state index in [0.717, 1.165) is 26.2 Å². The zero-order chi connectivity index (χ0) is 16.9. The molecule has 3 heteroatoms. The van der Waals surface area contributed by atoms with Crippen LogP contribution in [0.3, 0.4) is 0 Å². The normalized spacial score (nSPS) is 16.1. The number of carbonyl (C=O) groups excluding carboxylic acids is 1. The Bertz CT molecular complexity index is 675. The number of amides is 1. The Balaban J connectivity index is 1.53. The Hall–Kier alpha value is -2.29. The number of rotatable bonds is 4. The van der Waals surface area contributed by atoms with Crippen LogP contribution in [-0.2, 0) is 4.79 Å². The third-order valence-corrected chi connectivity index (χ3v) is 4.85. The Morgan fingerprint density at radius 3 is 2.38 bits per heavy atom. The van der Waals surface area contributed by atoms with Gasteiger partial charge in [-0.3, -0.25) is 4.79 Å². The summed E-state index contributed by atoms with van der Waals surface area (Å²) in [5.41, 5.74) is 3.78. The summed E-state index contributed by atoms with van der Waals surface area (Å²) in [5, 5.41) is 0. The van der Waals surface area contributed by atoms with E-state index in [9.17, 15) is 4.79 Å². The SMILES string of the molecule is Cc1cccc(N2CCN(C(=O)CC(C)c3ccccc3)CC2)c1. The van der Waals surface area contributed by atoms with E-state index in [1.54, 1.807) is 0 Å². The van der Waals surface area contributed by atoms with Crippen LogP contribution in [0.25, 0.3) is 0 Å². The molecule has 1 unspecified atom stereocenters. The molecule has 1 saturated heterocycles. The average Bonchev–Trinajstić information content (AvgIpc) is 2.62. The third-order valence-electron chi connectivity index (χ3n) is 4.85. The van der Waals surface area contributed by atoms with Gasteiger partial charge in [0.2, 0.25) is 5.91 Å². The summed E-state index contributed by atoms with van der Waals surface area (Å²) in [6, 6.07) is 18.9. The van der Waals surface area contributed by atoms with E-state index in [0.29, 0.717) is 6.42 Å². The minimum atomic E-state index is 0.272. The molecule has 24 heavy (non-hydrogen) atoms. The summed E-state index contributed by atoms with van der Waals surface area (Å²) in [6.07, 6.45) is 0.592. The van der Waals surface area contributed by atoms with Gasteiger partial charge in [0.1, 0.15) is 0 Å². The summed E-state index contributed by atoms with van der Waals surface area (Å²) < 4.78 is 0. The lowest BCUT2D eigenvalue weighted by Crippen LogP contribution is -2.49. The van der Waals surface area contributed by atoms with E-state index in [4.69, 9.17) is 0 Å². The van der Waals surface area contributed by atoms with Gasteiger partial charge in [0, 0.05) is 38.3 Å². The van der Waals surface area contributed by atoms with Gasteiger partial charge in [-0.2, -0.15) is 0 Å². The summed E-state index contributed by atoms with van der Waals surface area (Å²) in [5.74, 6) is 0.545. The van der Waals surface area contributed by atoms with Crippen molar-refractivity contribution >= 4 is 11.6 Å². The van der Waals surface area contributed by atoms with Crippen LogP contribution in [0, 0.1) is 6.92 Å². The van der Waals surface area contributed by atoms with Gasteiger partial charge >= 0.3 is 0 Å². The number of benzene rings is 2. The number of hydrogen-bond acceptors (Lipinski definition) is 2. The van der Waals surface area contributed by atoms with Crippen molar-refractivity contribution in [1.29, 1.82) is 0 Å². The standard InChI is InChI=1S/C21H26N2O/c1-17-7-6-10-20(15-17)22-11-13-23(14-12-22)21(24)16-18(2)19-8-4-3-5-9-19/h3-10,15,18H,11-14,16H2,1-2H3. The highest BCUT2D eigenvalue weighted by Crippen LogP contribution is 2.21. The van der Waals surface area contributed by atoms with Gasteiger partial charge in [-0.1, -0.05) is 49.4 Å². The van der Waals surface area contributed by atoms with E-state index < -0.39 is 0 Å². The van der Waals surface area contributed by atoms with Crippen LogP contribution < -0.4 is 4.90 Å². The van der Waals surface area contributed by atoms with Crippen molar-refractivity contribution < 1.29 is 4.79 Å². The van der Waals surface area contributed by atoms with Crippen LogP contribution >= 0.6 is 0 Å². The molecule has 0 N–H and O–H groups in total. The van der Waals surface area contributed by atoms with Gasteiger partial charge in [-0.15, -0.1) is 0 Å². The van der Waals surface area contributed by atoms with Gasteiger partial charge in [0.05, 0.1) is 0 Å². The quantitative estimate of drug-likeness (QED) is 0.854. The molecule has 1 aliphatic heterocycles. The van der Waals surface area contributed by atoms with Crippen molar-refractivity contribution in [2.75, 3.05) is 31.1 Å². The number of nitrogens with zero attached hydrogens (tertiary/aromatic N) is 2. The number of anilines is 1. The molecule has 0 spiro atoms. The highest BCUT2D eigenvalue weighted by molar-refractivity contribution is 5.77. The lowest BCUT2D eigenvalue weighted by atomic mass is 9.97. The van der Waals surface area contributed by atoms with Gasteiger partial charge in [-0.05, 0) is 36.1 Å². The topological polar surface area (TPSA) is 23.6 Å². The van der Waals surface area contributed by atoms with Crippen molar-refractivity contribution in [2.45, 2.75) is 26.2 Å². The molecule has 2 aromatic carbocycles. The summed E-state index contributed by atoms with van der Waals surface area (Å²) in [6.45, 7) is 7.71. The van der Waals surface area contributed by atoms with Crippen molar-refractivity contribution in [3.05, 3.63) is 65.7 Å². The van der Waals surface area contributed by atoms with E-state index in [-0.39, 0.29) is 11.8 Å². The van der Waals surface area contributed by atoms with E-state index in [1.807, 2.05) is 23.1 Å². The minimum absolute atomic E-state index is 0.272. The van der Waals surface area contributed by atoms with Crippen LogP contribution in [0.4, 0.5) is 5.69 Å². The Kier molecular flexibility index (Phi) is 5.19. The summed E-state index contributed by atoms with van der Waals surface area (Å²) in [7, 11) is 0. The largest absolute Gasteiger partial charge is 0.368 e. The molecule has 1 heterocycles. The van der Waals surface area contributed by atoms with Crippen molar-refractivity contribution in [3.8, 4) is 0 Å². The molecule has 126 valence electrons. The Morgan fingerprint density at radius 1 is 1.00 bits per heavy atom. The first-order valence-electron chi connectivity index (χ1n) is 8.78. The van der Waals surface area contributed by atoms with Crippen molar-refractivity contribution in [3.63, 3.8) is 0 Å². The molecule has 1 atom stereocenters. The summed E-state index contributed by atoms with van der Waals surface area (Å²) in [4.78, 5) is 17.0. The molecule has 1 amide bonds. The predicted octanol–water partition coefficient (Wildman–Crippen LogP) is 3.84. The molecule has 3 rings (SSSR count). The maximum atomic E-state index is 12.6. The molecular formula is C21H26N2O. The lowest BCUT2D eigenvalue weighted by molar-refractivity contribution is -0.131. The zero-order valence-electron chi connectivity index (χ0n) is 14.6. The molecule has 0 aromatic heterocycles. The first-order valence-corrected chi connectivity index (χ1v) is 8.78. The number of hydrogen-bond donors (Lipinski definition) is 0. The van der Waals surface area contributed by atoms with E-state index in [2.05, 4.69) is 55.1 Å². The monoisotopic (exact) mass is 322 g/mol. The Morgan fingerprint density at radius 2 is 1.71 bits per heavy atom. The first-order chi connectivity index (χ1) is 11.6. The second-order valence-electron chi connectivity index (χ2n) is 6.72. The van der Waals surface area contributed by atoms with Crippen LogP contribution in [0.2, 0.25) is 0 Å². The zero-order valence-corrected chi connectivity index (χ0v) is 14.6. The molecule has 3 nitrogen and oxygen atoms in total. The van der Waals surface area contributed by atoms with Crippen molar-refractivity contribution in [1.82, 2.24) is 4.90 Å². The molecule has 0 bridgehead atoms. The van der Waals surface area contributed by atoms with Crippen LogP contribution in [0.1, 0.15) is 30.4 Å². The second kappa shape index (κ2) is 7.52. The van der Waals surface area contributed by atoms with Crippen LogP contribution in [-0.4, -0.2) is 37.0 Å². The minimum Gasteiger partial charge on any atom is -0.368 e. The maximum absolute atomic E-state index is 12.6. The molecule has 1 aliphatic rings.